The van der Waals surface area contributed by atoms with Gasteiger partial charge in [0, 0.05) is 30.8 Å². The van der Waals surface area contributed by atoms with Crippen LogP contribution in [0.4, 0.5) is 10.5 Å². The first kappa shape index (κ1) is 21.9. The van der Waals surface area contributed by atoms with Gasteiger partial charge in [-0.25, -0.2) is 4.79 Å². The molecule has 1 saturated heterocycles. The number of carbonyl (C=O) groups is 1. The van der Waals surface area contributed by atoms with E-state index < -0.39 is 0 Å². The Morgan fingerprint density at radius 1 is 1.12 bits per heavy atom. The number of aromatic hydroxyl groups is 1. The smallest absolute Gasteiger partial charge is 0.321 e. The third kappa shape index (κ3) is 3.85. The van der Waals surface area contributed by atoms with E-state index in [1.807, 2.05) is 19.0 Å². The first-order chi connectivity index (χ1) is 15.4. The SMILES string of the molecule is COc1c(O)c(C23CC4CC(CC(C4)C2)C3)cc(NC(=O)N2CCCCC2)c1CN(C)C. The van der Waals surface area contributed by atoms with E-state index in [1.165, 1.54) is 25.7 Å². The highest BCUT2D eigenvalue weighted by Gasteiger charge is 2.53. The fourth-order valence-corrected chi connectivity index (χ4v) is 7.63. The van der Waals surface area contributed by atoms with Crippen molar-refractivity contribution in [2.75, 3.05) is 39.6 Å². The molecule has 2 N–H and O–H groups in total. The number of nitrogens with one attached hydrogen (secondary N) is 1. The fourth-order valence-electron chi connectivity index (χ4n) is 7.63. The predicted molar refractivity (Wildman–Crippen MR) is 126 cm³/mol. The van der Waals surface area contributed by atoms with Crippen molar-refractivity contribution in [1.29, 1.82) is 0 Å². The Morgan fingerprint density at radius 2 is 1.72 bits per heavy atom. The van der Waals surface area contributed by atoms with E-state index >= 15 is 0 Å². The van der Waals surface area contributed by atoms with Crippen molar-refractivity contribution >= 4 is 11.7 Å². The number of piperidine rings is 1. The summed E-state index contributed by atoms with van der Waals surface area (Å²) in [6.45, 7) is 2.21. The quantitative estimate of drug-likeness (QED) is 0.635. The second-order valence-corrected chi connectivity index (χ2v) is 11.2. The number of hydrogen-bond donors (Lipinski definition) is 2. The van der Waals surface area contributed by atoms with Crippen LogP contribution in [0.2, 0.25) is 0 Å². The van der Waals surface area contributed by atoms with E-state index in [2.05, 4.69) is 16.3 Å². The standard InChI is InChI=1S/C26H39N3O3/c1-28(2)16-20-22(27-25(31)29-7-5-4-6-8-29)12-21(23(30)24(20)32-3)26-13-17-9-18(14-26)11-19(10-17)15-26/h12,17-19,30H,4-11,13-16H2,1-3H3,(H,27,31). The van der Waals surface area contributed by atoms with Crippen LogP contribution in [-0.4, -0.2) is 55.2 Å². The number of hydrogen-bond acceptors (Lipinski definition) is 4. The Labute approximate surface area is 192 Å². The Morgan fingerprint density at radius 3 is 2.25 bits per heavy atom. The number of phenols is 1. The molecule has 4 saturated carbocycles. The lowest BCUT2D eigenvalue weighted by atomic mass is 9.48. The molecule has 5 aliphatic rings. The highest BCUT2D eigenvalue weighted by atomic mass is 16.5. The zero-order chi connectivity index (χ0) is 22.5. The number of phenolic OH excluding ortho intramolecular Hbond substituents is 1. The number of benzene rings is 1. The number of urea groups is 1. The lowest BCUT2D eigenvalue weighted by Crippen LogP contribution is -2.48. The second-order valence-electron chi connectivity index (χ2n) is 11.2. The molecule has 32 heavy (non-hydrogen) atoms. The first-order valence-electron chi connectivity index (χ1n) is 12.5. The summed E-state index contributed by atoms with van der Waals surface area (Å²) in [6, 6.07) is 2.07. The summed E-state index contributed by atoms with van der Waals surface area (Å²) in [5.41, 5.74) is 2.68. The Balaban J connectivity index is 1.56. The lowest BCUT2D eigenvalue weighted by Gasteiger charge is -2.57. The number of rotatable bonds is 5. The van der Waals surface area contributed by atoms with Gasteiger partial charge >= 0.3 is 6.03 Å². The van der Waals surface area contributed by atoms with E-state index in [0.717, 1.165) is 79.8 Å². The minimum Gasteiger partial charge on any atom is -0.504 e. The van der Waals surface area contributed by atoms with Crippen molar-refractivity contribution in [3.8, 4) is 11.5 Å². The molecule has 6 rings (SSSR count). The van der Waals surface area contributed by atoms with Gasteiger partial charge in [0.05, 0.1) is 12.8 Å². The molecule has 176 valence electrons. The highest BCUT2D eigenvalue weighted by Crippen LogP contribution is 2.63. The minimum atomic E-state index is -0.0334. The Bertz CT molecular complexity index is 840. The fraction of sp³-hybridized carbons (Fsp3) is 0.731. The van der Waals surface area contributed by atoms with Crippen molar-refractivity contribution in [2.45, 2.75) is 69.7 Å². The van der Waals surface area contributed by atoms with E-state index in [1.54, 1.807) is 7.11 Å². The largest absolute Gasteiger partial charge is 0.504 e. The molecule has 0 radical (unpaired) electrons. The van der Waals surface area contributed by atoms with Crippen molar-refractivity contribution in [1.82, 2.24) is 9.80 Å². The summed E-state index contributed by atoms with van der Waals surface area (Å²) in [7, 11) is 5.63. The van der Waals surface area contributed by atoms with Crippen molar-refractivity contribution in [2.24, 2.45) is 17.8 Å². The number of likely N-dealkylation sites (tertiary alicyclic amines) is 1. The predicted octanol–water partition coefficient (Wildman–Crippen LogP) is 4.95. The molecule has 0 unspecified atom stereocenters. The molecule has 5 fully saturated rings. The van der Waals surface area contributed by atoms with Crippen LogP contribution in [0.5, 0.6) is 11.5 Å². The molecule has 1 heterocycles. The Hall–Kier alpha value is -1.95. The minimum absolute atomic E-state index is 0.0212. The Kier molecular flexibility index (Phi) is 5.77. The molecule has 6 nitrogen and oxygen atoms in total. The highest BCUT2D eigenvalue weighted by molar-refractivity contribution is 5.91. The molecule has 1 aliphatic heterocycles. The number of methoxy groups -OCH3 is 1. The maximum Gasteiger partial charge on any atom is 0.321 e. The summed E-state index contributed by atoms with van der Waals surface area (Å²) in [5.74, 6) is 3.15. The van der Waals surface area contributed by atoms with Crippen molar-refractivity contribution in [3.63, 3.8) is 0 Å². The summed E-state index contributed by atoms with van der Waals surface area (Å²) >= 11 is 0. The van der Waals surface area contributed by atoms with Crippen LogP contribution >= 0.6 is 0 Å². The molecule has 1 aromatic rings. The number of anilines is 1. The maximum absolute atomic E-state index is 13.1. The van der Waals surface area contributed by atoms with Crippen LogP contribution in [0.25, 0.3) is 0 Å². The van der Waals surface area contributed by atoms with Gasteiger partial charge < -0.3 is 25.0 Å². The molecular formula is C26H39N3O3. The topological polar surface area (TPSA) is 65.0 Å². The van der Waals surface area contributed by atoms with Crippen LogP contribution in [0.3, 0.4) is 0 Å². The molecule has 0 spiro atoms. The third-order valence-electron chi connectivity index (χ3n) is 8.53. The average molecular weight is 442 g/mol. The van der Waals surface area contributed by atoms with Gasteiger partial charge in [-0.15, -0.1) is 0 Å². The summed E-state index contributed by atoms with van der Waals surface area (Å²) in [4.78, 5) is 17.1. The lowest BCUT2D eigenvalue weighted by molar-refractivity contribution is -0.00625. The number of ether oxygens (including phenoxy) is 1. The first-order valence-corrected chi connectivity index (χ1v) is 12.5. The van der Waals surface area contributed by atoms with E-state index in [-0.39, 0.29) is 11.4 Å². The van der Waals surface area contributed by atoms with Crippen LogP contribution in [0.1, 0.15) is 68.9 Å². The molecular weight excluding hydrogens is 402 g/mol. The summed E-state index contributed by atoms with van der Waals surface area (Å²) < 4.78 is 5.81. The zero-order valence-electron chi connectivity index (χ0n) is 20.0. The summed E-state index contributed by atoms with van der Waals surface area (Å²) in [5, 5.41) is 14.7. The zero-order valence-corrected chi connectivity index (χ0v) is 20.0. The van der Waals surface area contributed by atoms with Gasteiger partial charge in [0.2, 0.25) is 0 Å². The third-order valence-corrected chi connectivity index (χ3v) is 8.53. The molecule has 4 aliphatic carbocycles. The molecule has 6 heteroatoms. The van der Waals surface area contributed by atoms with Crippen LogP contribution in [-0.2, 0) is 12.0 Å². The van der Waals surface area contributed by atoms with Gasteiger partial charge in [-0.3, -0.25) is 0 Å². The van der Waals surface area contributed by atoms with Gasteiger partial charge in [-0.2, -0.15) is 0 Å². The normalized spacial score (nSPS) is 31.2. The second kappa shape index (κ2) is 8.44. The van der Waals surface area contributed by atoms with Crippen LogP contribution in [0, 0.1) is 17.8 Å². The van der Waals surface area contributed by atoms with Crippen LogP contribution in [0.15, 0.2) is 6.07 Å². The van der Waals surface area contributed by atoms with Crippen molar-refractivity contribution < 1.29 is 14.6 Å². The molecule has 1 aromatic carbocycles. The molecule has 4 bridgehead atoms. The van der Waals surface area contributed by atoms with Gasteiger partial charge in [-0.1, -0.05) is 0 Å². The van der Waals surface area contributed by atoms with Crippen molar-refractivity contribution in [3.05, 3.63) is 17.2 Å². The van der Waals surface area contributed by atoms with E-state index in [4.69, 9.17) is 4.74 Å². The molecule has 0 atom stereocenters. The van der Waals surface area contributed by atoms with Gasteiger partial charge in [-0.05, 0) is 101 Å². The number of carbonyl (C=O) groups excluding carboxylic acids is 1. The van der Waals surface area contributed by atoms with Crippen LogP contribution < -0.4 is 10.1 Å². The van der Waals surface area contributed by atoms with Gasteiger partial charge in [0.15, 0.2) is 11.5 Å². The maximum atomic E-state index is 13.1. The molecule has 0 aromatic heterocycles. The summed E-state index contributed by atoms with van der Waals surface area (Å²) in [6.07, 6.45) is 10.9. The monoisotopic (exact) mass is 441 g/mol. The number of amides is 2. The van der Waals surface area contributed by atoms with E-state index in [9.17, 15) is 9.90 Å². The van der Waals surface area contributed by atoms with Gasteiger partial charge in [0.1, 0.15) is 0 Å². The van der Waals surface area contributed by atoms with E-state index in [0.29, 0.717) is 18.0 Å². The van der Waals surface area contributed by atoms with Gasteiger partial charge in [0.25, 0.3) is 0 Å². The average Bonchev–Trinajstić information content (AvgIpc) is 2.75. The molecule has 2 amide bonds. The number of nitrogens with zero attached hydrogens (tertiary/aromatic N) is 2.